The van der Waals surface area contributed by atoms with Gasteiger partial charge in [-0.2, -0.15) is 0 Å². The average molecular weight is 404 g/mol. The fraction of sp³-hybridized carbons (Fsp3) is 0.333. The fourth-order valence-corrected chi connectivity index (χ4v) is 4.09. The third-order valence-corrected chi connectivity index (χ3v) is 5.48. The van der Waals surface area contributed by atoms with E-state index in [-0.39, 0.29) is 29.4 Å². The lowest BCUT2D eigenvalue weighted by molar-refractivity contribution is -0.153. The molecule has 2 aliphatic rings. The number of oxime groups is 1. The Hall–Kier alpha value is -3.01. The van der Waals surface area contributed by atoms with E-state index in [1.54, 1.807) is 31.2 Å². The van der Waals surface area contributed by atoms with E-state index < -0.39 is 17.9 Å². The van der Waals surface area contributed by atoms with Crippen molar-refractivity contribution in [1.29, 1.82) is 0 Å². The minimum atomic E-state index is -0.752. The molecule has 2 heterocycles. The molecule has 28 heavy (non-hydrogen) atoms. The quantitative estimate of drug-likeness (QED) is 0.234. The van der Waals surface area contributed by atoms with Gasteiger partial charge in [0.2, 0.25) is 0 Å². The number of ether oxygens (including phenoxy) is 1. The zero-order valence-electron chi connectivity index (χ0n) is 15.4. The number of hydrogen-bond donors (Lipinski definition) is 2. The molecule has 0 unspecified atom stereocenters. The first-order valence-electron chi connectivity index (χ1n) is 8.51. The number of rotatable bonds is 6. The Bertz CT molecular complexity index is 851. The largest absolute Gasteiger partial charge is 0.484 e. The van der Waals surface area contributed by atoms with Crippen LogP contribution in [0.2, 0.25) is 0 Å². The minimum Gasteiger partial charge on any atom is -0.484 e. The number of hydrogen-bond acceptors (Lipinski definition) is 7. The van der Waals surface area contributed by atoms with Crippen LogP contribution >= 0.6 is 11.8 Å². The highest BCUT2D eigenvalue weighted by Crippen LogP contribution is 2.40. The van der Waals surface area contributed by atoms with Crippen molar-refractivity contribution in [3.05, 3.63) is 41.6 Å². The van der Waals surface area contributed by atoms with E-state index in [0.29, 0.717) is 17.1 Å². The maximum absolute atomic E-state index is 12.6. The Morgan fingerprint density at radius 1 is 1.36 bits per heavy atom. The molecular weight excluding hydrogens is 384 g/mol. The molecule has 9 nitrogen and oxygen atoms in total. The SMILES string of the molecule is CC1=C(C(=O)O/N=C(/C)N)N2C(=O)[C@@H](NC(=O)COc3ccccc3)[C@H]2SC1. The maximum Gasteiger partial charge on any atom is 0.382 e. The van der Waals surface area contributed by atoms with E-state index >= 15 is 0 Å². The molecule has 0 aromatic heterocycles. The van der Waals surface area contributed by atoms with Crippen molar-refractivity contribution >= 4 is 35.4 Å². The number of thioether (sulfide) groups is 1. The van der Waals surface area contributed by atoms with Crippen LogP contribution in [0.5, 0.6) is 5.75 Å². The average Bonchev–Trinajstić information content (AvgIpc) is 2.69. The maximum atomic E-state index is 12.6. The highest BCUT2D eigenvalue weighted by molar-refractivity contribution is 8.00. The van der Waals surface area contributed by atoms with E-state index in [9.17, 15) is 14.4 Å². The Labute approximate surface area is 165 Å². The lowest BCUT2D eigenvalue weighted by atomic mass is 10.0. The van der Waals surface area contributed by atoms with Gasteiger partial charge in [0.05, 0.1) is 0 Å². The summed E-state index contributed by atoms with van der Waals surface area (Å²) < 4.78 is 5.39. The molecule has 1 fully saturated rings. The van der Waals surface area contributed by atoms with Crippen LogP contribution in [0.25, 0.3) is 0 Å². The van der Waals surface area contributed by atoms with Crippen LogP contribution in [0.1, 0.15) is 13.8 Å². The van der Waals surface area contributed by atoms with Gasteiger partial charge in [0.25, 0.3) is 11.8 Å². The lowest BCUT2D eigenvalue weighted by Gasteiger charge is -2.49. The van der Waals surface area contributed by atoms with Gasteiger partial charge >= 0.3 is 5.97 Å². The molecule has 148 valence electrons. The Kier molecular flexibility index (Phi) is 5.88. The van der Waals surface area contributed by atoms with E-state index in [0.717, 1.165) is 0 Å². The summed E-state index contributed by atoms with van der Waals surface area (Å²) in [5, 5.41) is 5.72. The lowest BCUT2D eigenvalue weighted by Crippen LogP contribution is -2.70. The standard InChI is InChI=1S/C18H20N4O5S/c1-10-9-28-17-14(20-13(23)8-26-12-6-4-3-5-7-12)16(24)22(17)15(10)18(25)27-21-11(2)19/h3-7,14,17H,8-9H2,1-2H3,(H2,19,21)(H,20,23)/t14-,17-/m1/s1. The third kappa shape index (κ3) is 4.11. The van der Waals surface area contributed by atoms with E-state index in [1.807, 2.05) is 6.07 Å². The summed E-state index contributed by atoms with van der Waals surface area (Å²) in [6.45, 7) is 3.01. The number of benzene rings is 1. The number of nitrogens with one attached hydrogen (secondary N) is 1. The van der Waals surface area contributed by atoms with Crippen LogP contribution in [0.3, 0.4) is 0 Å². The molecule has 1 aromatic rings. The number of nitrogens with two attached hydrogens (primary N) is 1. The first-order valence-corrected chi connectivity index (χ1v) is 9.56. The van der Waals surface area contributed by atoms with E-state index in [1.165, 1.54) is 23.6 Å². The highest BCUT2D eigenvalue weighted by atomic mass is 32.2. The molecule has 0 radical (unpaired) electrons. The monoisotopic (exact) mass is 404 g/mol. The molecule has 3 rings (SSSR count). The molecule has 3 N–H and O–H groups in total. The number of nitrogens with zero attached hydrogens (tertiary/aromatic N) is 2. The van der Waals surface area contributed by atoms with Crippen LogP contribution in [0, 0.1) is 0 Å². The topological polar surface area (TPSA) is 123 Å². The molecule has 0 saturated carbocycles. The highest BCUT2D eigenvalue weighted by Gasteiger charge is 2.54. The van der Waals surface area contributed by atoms with Gasteiger partial charge in [0, 0.05) is 5.75 Å². The Morgan fingerprint density at radius 3 is 2.75 bits per heavy atom. The molecule has 0 bridgehead atoms. The second-order valence-electron chi connectivity index (χ2n) is 6.30. The molecular formula is C18H20N4O5S. The molecule has 10 heteroatoms. The van der Waals surface area contributed by atoms with Crippen molar-refractivity contribution in [2.75, 3.05) is 12.4 Å². The first-order chi connectivity index (χ1) is 13.4. The van der Waals surface area contributed by atoms with Gasteiger partial charge < -0.3 is 20.6 Å². The molecule has 1 saturated heterocycles. The molecule has 1 aromatic carbocycles. The van der Waals surface area contributed by atoms with Gasteiger partial charge in [-0.05, 0) is 31.6 Å². The summed E-state index contributed by atoms with van der Waals surface area (Å²) >= 11 is 1.46. The number of β-lactam (4-membered cyclic amide) rings is 1. The van der Waals surface area contributed by atoms with Crippen molar-refractivity contribution in [2.24, 2.45) is 10.9 Å². The first kappa shape index (κ1) is 19.7. The van der Waals surface area contributed by atoms with Crippen molar-refractivity contribution < 1.29 is 24.0 Å². The van der Waals surface area contributed by atoms with Gasteiger partial charge in [-0.15, -0.1) is 11.8 Å². The number of amidine groups is 1. The van der Waals surface area contributed by atoms with Crippen LogP contribution in [0.4, 0.5) is 0 Å². The smallest absolute Gasteiger partial charge is 0.382 e. The Balaban J connectivity index is 1.60. The molecule has 2 amide bonds. The van der Waals surface area contributed by atoms with E-state index in [4.69, 9.17) is 15.3 Å². The number of carbonyl (C=O) groups is 3. The van der Waals surface area contributed by atoms with Crippen molar-refractivity contribution in [3.63, 3.8) is 0 Å². The zero-order valence-corrected chi connectivity index (χ0v) is 16.2. The summed E-state index contributed by atoms with van der Waals surface area (Å²) in [4.78, 5) is 43.1. The second-order valence-corrected chi connectivity index (χ2v) is 7.40. The van der Waals surface area contributed by atoms with Gasteiger partial charge in [-0.25, -0.2) is 4.79 Å². The van der Waals surface area contributed by atoms with Crippen LogP contribution < -0.4 is 15.8 Å². The third-order valence-electron chi connectivity index (χ3n) is 4.05. The molecule has 2 atom stereocenters. The van der Waals surface area contributed by atoms with Crippen LogP contribution in [-0.2, 0) is 19.2 Å². The van der Waals surface area contributed by atoms with Crippen LogP contribution in [0.15, 0.2) is 46.8 Å². The van der Waals surface area contributed by atoms with E-state index in [2.05, 4.69) is 10.5 Å². The number of para-hydroxylation sites is 1. The van der Waals surface area contributed by atoms with Gasteiger partial charge in [0.1, 0.15) is 28.7 Å². The van der Waals surface area contributed by atoms with Gasteiger partial charge in [-0.1, -0.05) is 23.4 Å². The van der Waals surface area contributed by atoms with Gasteiger partial charge in [0.15, 0.2) is 6.61 Å². The molecule has 0 spiro atoms. The number of fused-ring (bicyclic) bond motifs is 1. The van der Waals surface area contributed by atoms with Crippen molar-refractivity contribution in [1.82, 2.24) is 10.2 Å². The predicted molar refractivity (Wildman–Crippen MR) is 103 cm³/mol. The number of amides is 2. The molecule has 0 aliphatic carbocycles. The summed E-state index contributed by atoms with van der Waals surface area (Å²) in [5.41, 5.74) is 6.21. The van der Waals surface area contributed by atoms with Crippen molar-refractivity contribution in [2.45, 2.75) is 25.3 Å². The number of carbonyl (C=O) groups excluding carboxylic acids is 3. The second kappa shape index (κ2) is 8.34. The van der Waals surface area contributed by atoms with Crippen molar-refractivity contribution in [3.8, 4) is 5.75 Å². The zero-order chi connectivity index (χ0) is 20.3. The normalized spacial score (nSPS) is 21.6. The van der Waals surface area contributed by atoms with Gasteiger partial charge in [-0.3, -0.25) is 14.5 Å². The summed E-state index contributed by atoms with van der Waals surface area (Å²) in [7, 11) is 0. The summed E-state index contributed by atoms with van der Waals surface area (Å²) in [5.74, 6) is -0.376. The predicted octanol–water partition coefficient (Wildman–Crippen LogP) is 0.575. The fourth-order valence-electron chi connectivity index (χ4n) is 2.80. The summed E-state index contributed by atoms with van der Waals surface area (Å²) in [6.07, 6.45) is 0. The Morgan fingerprint density at radius 2 is 2.07 bits per heavy atom. The van der Waals surface area contributed by atoms with Crippen LogP contribution in [-0.4, -0.2) is 52.3 Å². The minimum absolute atomic E-state index is 0.0897. The molecule has 2 aliphatic heterocycles. The summed E-state index contributed by atoms with van der Waals surface area (Å²) in [6, 6.07) is 8.17.